The SMILES string of the molecule is CCOC(=O)CN(CC(C)C)C(=O)CC(N)CC. The van der Waals surface area contributed by atoms with Gasteiger partial charge < -0.3 is 15.4 Å². The number of nitrogens with zero attached hydrogens (tertiary/aromatic N) is 1. The average molecular weight is 258 g/mol. The van der Waals surface area contributed by atoms with Crippen molar-refractivity contribution in [1.29, 1.82) is 0 Å². The summed E-state index contributed by atoms with van der Waals surface area (Å²) in [4.78, 5) is 25.0. The summed E-state index contributed by atoms with van der Waals surface area (Å²) in [5.74, 6) is -0.135. The number of carbonyl (C=O) groups is 2. The quantitative estimate of drug-likeness (QED) is 0.663. The molecule has 1 amide bonds. The summed E-state index contributed by atoms with van der Waals surface area (Å²) in [5.41, 5.74) is 5.77. The van der Waals surface area contributed by atoms with Gasteiger partial charge in [-0.15, -0.1) is 0 Å². The van der Waals surface area contributed by atoms with E-state index in [-0.39, 0.29) is 30.9 Å². The summed E-state index contributed by atoms with van der Waals surface area (Å²) in [6, 6.07) is -0.144. The summed E-state index contributed by atoms with van der Waals surface area (Å²) < 4.78 is 4.87. The summed E-state index contributed by atoms with van der Waals surface area (Å²) in [6.45, 7) is 8.60. The predicted molar refractivity (Wildman–Crippen MR) is 70.9 cm³/mol. The maximum absolute atomic E-state index is 12.0. The molecular formula is C13H26N2O3. The van der Waals surface area contributed by atoms with Crippen LogP contribution in [-0.4, -0.2) is 42.5 Å². The van der Waals surface area contributed by atoms with Crippen LogP contribution in [0, 0.1) is 5.92 Å². The highest BCUT2D eigenvalue weighted by molar-refractivity contribution is 5.82. The van der Waals surface area contributed by atoms with Gasteiger partial charge in [0, 0.05) is 19.0 Å². The van der Waals surface area contributed by atoms with Crippen LogP contribution >= 0.6 is 0 Å². The lowest BCUT2D eigenvalue weighted by Gasteiger charge is -2.24. The maximum Gasteiger partial charge on any atom is 0.325 e. The summed E-state index contributed by atoms with van der Waals surface area (Å²) >= 11 is 0. The molecule has 0 heterocycles. The van der Waals surface area contributed by atoms with Gasteiger partial charge in [0.1, 0.15) is 6.54 Å². The second-order valence-electron chi connectivity index (χ2n) is 4.85. The van der Waals surface area contributed by atoms with Crippen LogP contribution in [0.1, 0.15) is 40.5 Å². The van der Waals surface area contributed by atoms with E-state index in [0.717, 1.165) is 6.42 Å². The predicted octanol–water partition coefficient (Wildman–Crippen LogP) is 1.16. The van der Waals surface area contributed by atoms with Gasteiger partial charge >= 0.3 is 5.97 Å². The Morgan fingerprint density at radius 2 is 1.89 bits per heavy atom. The van der Waals surface area contributed by atoms with Crippen molar-refractivity contribution in [1.82, 2.24) is 4.90 Å². The van der Waals surface area contributed by atoms with Crippen LogP contribution in [0.15, 0.2) is 0 Å². The molecule has 0 fully saturated rings. The van der Waals surface area contributed by atoms with Crippen molar-refractivity contribution in [3.05, 3.63) is 0 Å². The largest absolute Gasteiger partial charge is 0.465 e. The van der Waals surface area contributed by atoms with E-state index < -0.39 is 0 Å². The highest BCUT2D eigenvalue weighted by Gasteiger charge is 2.20. The highest BCUT2D eigenvalue weighted by Crippen LogP contribution is 2.05. The third-order valence-corrected chi connectivity index (χ3v) is 2.52. The monoisotopic (exact) mass is 258 g/mol. The molecule has 0 radical (unpaired) electrons. The molecule has 0 aliphatic heterocycles. The first kappa shape index (κ1) is 16.9. The number of nitrogens with two attached hydrogens (primary N) is 1. The zero-order valence-electron chi connectivity index (χ0n) is 11.9. The van der Waals surface area contributed by atoms with Gasteiger partial charge in [-0.3, -0.25) is 9.59 Å². The number of amides is 1. The van der Waals surface area contributed by atoms with Gasteiger partial charge in [-0.2, -0.15) is 0 Å². The van der Waals surface area contributed by atoms with Crippen LogP contribution in [0.3, 0.4) is 0 Å². The van der Waals surface area contributed by atoms with E-state index in [1.165, 1.54) is 4.90 Å². The van der Waals surface area contributed by atoms with Crippen LogP contribution in [0.2, 0.25) is 0 Å². The lowest BCUT2D eigenvalue weighted by atomic mass is 10.1. The summed E-state index contributed by atoms with van der Waals surface area (Å²) in [6.07, 6.45) is 1.03. The third kappa shape index (κ3) is 7.27. The molecular weight excluding hydrogens is 232 g/mol. The van der Waals surface area contributed by atoms with Crippen LogP contribution in [0.5, 0.6) is 0 Å². The molecule has 0 saturated heterocycles. The molecule has 5 nitrogen and oxygen atoms in total. The molecule has 0 aromatic rings. The molecule has 0 aliphatic carbocycles. The molecule has 0 spiro atoms. The first-order valence-electron chi connectivity index (χ1n) is 6.59. The van der Waals surface area contributed by atoms with E-state index in [1.54, 1.807) is 6.92 Å². The molecule has 2 N–H and O–H groups in total. The van der Waals surface area contributed by atoms with E-state index in [2.05, 4.69) is 0 Å². The van der Waals surface area contributed by atoms with Crippen molar-refractivity contribution in [2.75, 3.05) is 19.7 Å². The number of hydrogen-bond acceptors (Lipinski definition) is 4. The van der Waals surface area contributed by atoms with Crippen molar-refractivity contribution >= 4 is 11.9 Å². The number of rotatable bonds is 8. The van der Waals surface area contributed by atoms with Crippen molar-refractivity contribution < 1.29 is 14.3 Å². The molecule has 18 heavy (non-hydrogen) atoms. The van der Waals surface area contributed by atoms with Crippen molar-refractivity contribution in [3.63, 3.8) is 0 Å². The second-order valence-corrected chi connectivity index (χ2v) is 4.85. The average Bonchev–Trinajstić information content (AvgIpc) is 2.27. The fourth-order valence-electron chi connectivity index (χ4n) is 1.56. The highest BCUT2D eigenvalue weighted by atomic mass is 16.5. The molecule has 0 rings (SSSR count). The Kier molecular flexibility index (Phi) is 8.37. The van der Waals surface area contributed by atoms with Crippen LogP contribution in [-0.2, 0) is 14.3 Å². The maximum atomic E-state index is 12.0. The van der Waals surface area contributed by atoms with Gasteiger partial charge in [0.2, 0.25) is 5.91 Å². The smallest absolute Gasteiger partial charge is 0.325 e. The van der Waals surface area contributed by atoms with Gasteiger partial charge in [-0.1, -0.05) is 20.8 Å². The minimum absolute atomic E-state index is 0.0152. The first-order valence-corrected chi connectivity index (χ1v) is 6.59. The topological polar surface area (TPSA) is 72.6 Å². The molecule has 1 unspecified atom stereocenters. The van der Waals surface area contributed by atoms with Gasteiger partial charge in [-0.05, 0) is 19.3 Å². The molecule has 5 heteroatoms. The number of hydrogen-bond donors (Lipinski definition) is 1. The molecule has 0 aromatic carbocycles. The first-order chi connectivity index (χ1) is 8.40. The third-order valence-electron chi connectivity index (χ3n) is 2.52. The fraction of sp³-hybridized carbons (Fsp3) is 0.846. The Balaban J connectivity index is 4.46. The Morgan fingerprint density at radius 3 is 2.33 bits per heavy atom. The van der Waals surface area contributed by atoms with Gasteiger partial charge in [-0.25, -0.2) is 0 Å². The van der Waals surface area contributed by atoms with Crippen LogP contribution < -0.4 is 5.73 Å². The van der Waals surface area contributed by atoms with E-state index in [4.69, 9.17) is 10.5 Å². The lowest BCUT2D eigenvalue weighted by Crippen LogP contribution is -2.41. The summed E-state index contributed by atoms with van der Waals surface area (Å²) in [7, 11) is 0. The van der Waals surface area contributed by atoms with Crippen LogP contribution in [0.25, 0.3) is 0 Å². The number of ether oxygens (including phenoxy) is 1. The Morgan fingerprint density at radius 1 is 1.28 bits per heavy atom. The van der Waals surface area contributed by atoms with Crippen molar-refractivity contribution in [3.8, 4) is 0 Å². The minimum atomic E-state index is -0.364. The number of carbonyl (C=O) groups excluding carboxylic acids is 2. The van der Waals surface area contributed by atoms with Gasteiger partial charge in [0.15, 0.2) is 0 Å². The molecule has 0 saturated carbocycles. The Bertz CT molecular complexity index is 267. The second kappa shape index (κ2) is 8.91. The van der Waals surface area contributed by atoms with Gasteiger partial charge in [0.25, 0.3) is 0 Å². The fourth-order valence-corrected chi connectivity index (χ4v) is 1.56. The van der Waals surface area contributed by atoms with E-state index in [0.29, 0.717) is 19.1 Å². The number of esters is 1. The van der Waals surface area contributed by atoms with E-state index >= 15 is 0 Å². The van der Waals surface area contributed by atoms with Gasteiger partial charge in [0.05, 0.1) is 6.61 Å². The molecule has 106 valence electrons. The van der Waals surface area contributed by atoms with E-state index in [1.807, 2.05) is 20.8 Å². The molecule has 0 aliphatic rings. The zero-order chi connectivity index (χ0) is 14.1. The Labute approximate surface area is 110 Å². The van der Waals surface area contributed by atoms with Crippen LogP contribution in [0.4, 0.5) is 0 Å². The van der Waals surface area contributed by atoms with Crippen molar-refractivity contribution in [2.45, 2.75) is 46.6 Å². The molecule has 0 bridgehead atoms. The molecule has 1 atom stereocenters. The zero-order valence-corrected chi connectivity index (χ0v) is 11.9. The molecule has 0 aromatic heterocycles. The standard InChI is InChI=1S/C13H26N2O3/c1-5-11(14)7-12(16)15(8-10(3)4)9-13(17)18-6-2/h10-11H,5-9,14H2,1-4H3. The lowest BCUT2D eigenvalue weighted by molar-refractivity contribution is -0.149. The normalized spacial score (nSPS) is 12.3. The minimum Gasteiger partial charge on any atom is -0.465 e. The summed E-state index contributed by atoms with van der Waals surface area (Å²) in [5, 5.41) is 0. The Hall–Kier alpha value is -1.10. The van der Waals surface area contributed by atoms with E-state index in [9.17, 15) is 9.59 Å². The van der Waals surface area contributed by atoms with Crippen molar-refractivity contribution in [2.24, 2.45) is 11.7 Å².